The number of unbranched alkanes of at least 4 members (excludes halogenated alkanes) is 2. The van der Waals surface area contributed by atoms with Crippen molar-refractivity contribution in [3.63, 3.8) is 0 Å². The molecule has 2 aromatic rings. The van der Waals surface area contributed by atoms with E-state index in [1.807, 2.05) is 12.1 Å². The second kappa shape index (κ2) is 6.42. The molecule has 3 heteroatoms. The first-order valence-corrected chi connectivity index (χ1v) is 7.16. The Labute approximate surface area is 112 Å². The lowest BCUT2D eigenvalue weighted by atomic mass is 10.1. The Morgan fingerprint density at radius 1 is 1.28 bits per heavy atom. The van der Waals surface area contributed by atoms with Crippen molar-refractivity contribution < 1.29 is 0 Å². The summed E-state index contributed by atoms with van der Waals surface area (Å²) in [6.07, 6.45) is 2.71. The molecular formula is C15H16N2S. The van der Waals surface area contributed by atoms with Gasteiger partial charge in [0.05, 0.1) is 16.6 Å². The van der Waals surface area contributed by atoms with E-state index in [1.165, 1.54) is 10.9 Å². The molecule has 0 saturated carbocycles. The van der Waals surface area contributed by atoms with E-state index in [9.17, 15) is 0 Å². The van der Waals surface area contributed by atoms with E-state index in [0.29, 0.717) is 6.42 Å². The third-order valence-electron chi connectivity index (χ3n) is 2.83. The Bertz CT molecular complexity index is 572. The van der Waals surface area contributed by atoms with Crippen LogP contribution in [0.1, 0.15) is 24.8 Å². The Balaban J connectivity index is 2.03. The number of hydrogen-bond donors (Lipinski definition) is 0. The first-order valence-electron chi connectivity index (χ1n) is 6.17. The van der Waals surface area contributed by atoms with Gasteiger partial charge in [-0.3, -0.25) is 0 Å². The molecule has 0 N–H and O–H groups in total. The van der Waals surface area contributed by atoms with Crippen LogP contribution in [-0.2, 0) is 0 Å². The summed E-state index contributed by atoms with van der Waals surface area (Å²) in [6.45, 7) is 2.13. The Morgan fingerprint density at radius 3 is 2.94 bits per heavy atom. The molecule has 0 radical (unpaired) electrons. The maximum atomic E-state index is 8.47. The molecule has 0 spiro atoms. The van der Waals surface area contributed by atoms with Crippen molar-refractivity contribution in [1.82, 2.24) is 4.98 Å². The maximum absolute atomic E-state index is 8.47. The molecule has 0 aliphatic heterocycles. The SMILES string of the molecule is Cc1cc(SCCCCC#N)nc2ccccc12. The molecule has 0 saturated heterocycles. The van der Waals surface area contributed by atoms with Gasteiger partial charge in [-0.15, -0.1) is 11.8 Å². The third kappa shape index (κ3) is 3.24. The highest BCUT2D eigenvalue weighted by Gasteiger charge is 2.02. The number of nitriles is 1. The van der Waals surface area contributed by atoms with Crippen LogP contribution in [0.2, 0.25) is 0 Å². The van der Waals surface area contributed by atoms with Crippen molar-refractivity contribution in [1.29, 1.82) is 5.26 Å². The number of para-hydroxylation sites is 1. The summed E-state index contributed by atoms with van der Waals surface area (Å²) in [7, 11) is 0. The third-order valence-corrected chi connectivity index (χ3v) is 3.83. The zero-order chi connectivity index (χ0) is 12.8. The zero-order valence-corrected chi connectivity index (χ0v) is 11.3. The van der Waals surface area contributed by atoms with Gasteiger partial charge in [0.25, 0.3) is 0 Å². The standard InChI is InChI=1S/C15H16N2S/c1-12-11-15(18-10-6-2-5-9-16)17-14-8-4-3-7-13(12)14/h3-4,7-8,11H,2,5-6,10H2,1H3. The molecule has 2 nitrogen and oxygen atoms in total. The maximum Gasteiger partial charge on any atom is 0.0970 e. The topological polar surface area (TPSA) is 36.7 Å². The lowest BCUT2D eigenvalue weighted by Crippen LogP contribution is -1.88. The quantitative estimate of drug-likeness (QED) is 0.590. The van der Waals surface area contributed by atoms with Crippen LogP contribution in [0.3, 0.4) is 0 Å². The second-order valence-electron chi connectivity index (χ2n) is 4.26. The highest BCUT2D eigenvalue weighted by atomic mass is 32.2. The molecule has 0 aliphatic rings. The van der Waals surface area contributed by atoms with E-state index < -0.39 is 0 Å². The minimum absolute atomic E-state index is 0.657. The molecule has 1 aromatic carbocycles. The number of aryl methyl sites for hydroxylation is 1. The summed E-state index contributed by atoms with van der Waals surface area (Å²) in [5.41, 5.74) is 2.34. The molecule has 92 valence electrons. The zero-order valence-electron chi connectivity index (χ0n) is 10.5. The number of aromatic nitrogens is 1. The molecule has 0 unspecified atom stereocenters. The first kappa shape index (κ1) is 12.9. The Kier molecular flexibility index (Phi) is 4.60. The van der Waals surface area contributed by atoms with Gasteiger partial charge in [0.2, 0.25) is 0 Å². The van der Waals surface area contributed by atoms with Crippen molar-refractivity contribution in [2.75, 3.05) is 5.75 Å². The van der Waals surface area contributed by atoms with Gasteiger partial charge >= 0.3 is 0 Å². The molecule has 1 aromatic heterocycles. The van der Waals surface area contributed by atoms with Gasteiger partial charge in [-0.1, -0.05) is 18.2 Å². The molecule has 0 atom stereocenters. The highest BCUT2D eigenvalue weighted by Crippen LogP contribution is 2.24. The van der Waals surface area contributed by atoms with Crippen LogP contribution in [0.4, 0.5) is 0 Å². The predicted octanol–water partition coefficient (Wildman–Crippen LogP) is 4.33. The Hall–Kier alpha value is -1.53. The van der Waals surface area contributed by atoms with Crippen molar-refractivity contribution in [3.8, 4) is 6.07 Å². The van der Waals surface area contributed by atoms with Gasteiger partial charge in [0, 0.05) is 11.8 Å². The summed E-state index contributed by atoms with van der Waals surface area (Å²) in [5.74, 6) is 1.03. The normalized spacial score (nSPS) is 10.4. The highest BCUT2D eigenvalue weighted by molar-refractivity contribution is 7.99. The van der Waals surface area contributed by atoms with E-state index in [2.05, 4.69) is 36.2 Å². The van der Waals surface area contributed by atoms with E-state index in [-0.39, 0.29) is 0 Å². The summed E-state index contributed by atoms with van der Waals surface area (Å²) < 4.78 is 0. The van der Waals surface area contributed by atoms with Crippen molar-refractivity contribution in [2.45, 2.75) is 31.2 Å². The molecule has 1 heterocycles. The van der Waals surface area contributed by atoms with Crippen LogP contribution in [0, 0.1) is 18.3 Å². The van der Waals surface area contributed by atoms with Crippen LogP contribution in [-0.4, -0.2) is 10.7 Å². The number of thioether (sulfide) groups is 1. The largest absolute Gasteiger partial charge is 0.241 e. The van der Waals surface area contributed by atoms with Crippen LogP contribution in [0.15, 0.2) is 35.4 Å². The number of fused-ring (bicyclic) bond motifs is 1. The van der Waals surface area contributed by atoms with Gasteiger partial charge in [-0.2, -0.15) is 5.26 Å². The van der Waals surface area contributed by atoms with E-state index in [0.717, 1.165) is 29.1 Å². The minimum atomic E-state index is 0.657. The fourth-order valence-electron chi connectivity index (χ4n) is 1.88. The summed E-state index contributed by atoms with van der Waals surface area (Å²) in [6, 6.07) is 12.6. The van der Waals surface area contributed by atoms with E-state index in [4.69, 9.17) is 5.26 Å². The summed E-state index contributed by atoms with van der Waals surface area (Å²) in [5, 5.41) is 10.8. The number of hydrogen-bond acceptors (Lipinski definition) is 3. The van der Waals surface area contributed by atoms with E-state index >= 15 is 0 Å². The minimum Gasteiger partial charge on any atom is -0.241 e. The van der Waals surface area contributed by atoms with Crippen LogP contribution in [0.25, 0.3) is 10.9 Å². The molecule has 0 bridgehead atoms. The lowest BCUT2D eigenvalue weighted by Gasteiger charge is -2.05. The van der Waals surface area contributed by atoms with Crippen molar-refractivity contribution in [2.24, 2.45) is 0 Å². The average Bonchev–Trinajstić information content (AvgIpc) is 2.39. The van der Waals surface area contributed by atoms with Crippen LogP contribution in [0.5, 0.6) is 0 Å². The molecule has 0 fully saturated rings. The number of pyridine rings is 1. The number of nitrogens with zero attached hydrogens (tertiary/aromatic N) is 2. The smallest absolute Gasteiger partial charge is 0.0970 e. The van der Waals surface area contributed by atoms with Crippen LogP contribution < -0.4 is 0 Å². The Morgan fingerprint density at radius 2 is 2.11 bits per heavy atom. The molecular weight excluding hydrogens is 240 g/mol. The first-order chi connectivity index (χ1) is 8.81. The fourth-order valence-corrected chi connectivity index (χ4v) is 2.86. The molecule has 2 rings (SSSR count). The summed E-state index contributed by atoms with van der Waals surface area (Å²) >= 11 is 1.78. The predicted molar refractivity (Wildman–Crippen MR) is 76.7 cm³/mol. The average molecular weight is 256 g/mol. The number of benzene rings is 1. The second-order valence-corrected chi connectivity index (χ2v) is 5.37. The van der Waals surface area contributed by atoms with Gasteiger partial charge in [0.1, 0.15) is 0 Å². The summed E-state index contributed by atoms with van der Waals surface area (Å²) in [4.78, 5) is 4.65. The fraction of sp³-hybridized carbons (Fsp3) is 0.333. The van der Waals surface area contributed by atoms with Gasteiger partial charge in [-0.25, -0.2) is 4.98 Å². The molecule has 0 amide bonds. The molecule has 18 heavy (non-hydrogen) atoms. The van der Waals surface area contributed by atoms with Crippen molar-refractivity contribution >= 4 is 22.7 Å². The van der Waals surface area contributed by atoms with Crippen molar-refractivity contribution in [3.05, 3.63) is 35.9 Å². The number of rotatable bonds is 5. The van der Waals surface area contributed by atoms with E-state index in [1.54, 1.807) is 11.8 Å². The lowest BCUT2D eigenvalue weighted by molar-refractivity contribution is 0.829. The van der Waals surface area contributed by atoms with Gasteiger partial charge in [-0.05, 0) is 43.2 Å². The van der Waals surface area contributed by atoms with Gasteiger partial charge in [0.15, 0.2) is 0 Å². The van der Waals surface area contributed by atoms with Gasteiger partial charge < -0.3 is 0 Å². The van der Waals surface area contributed by atoms with Crippen LogP contribution >= 0.6 is 11.8 Å². The molecule has 0 aliphatic carbocycles. The monoisotopic (exact) mass is 256 g/mol.